The van der Waals surface area contributed by atoms with Crippen molar-refractivity contribution in [2.45, 2.75) is 0 Å². The molecule has 3 aromatic rings. The van der Waals surface area contributed by atoms with E-state index in [4.69, 9.17) is 0 Å². The summed E-state index contributed by atoms with van der Waals surface area (Å²) in [7, 11) is 0. The zero-order chi connectivity index (χ0) is 11.8. The Hall–Kier alpha value is -1.46. The molecule has 3 rings (SSSR count). The van der Waals surface area contributed by atoms with Crippen molar-refractivity contribution in [2.24, 2.45) is 0 Å². The molecule has 0 amide bonds. The smallest absolute Gasteiger partial charge is 0.267 e. The van der Waals surface area contributed by atoms with Gasteiger partial charge in [-0.15, -0.1) is 11.3 Å². The Kier molecular flexibility index (Phi) is 2.57. The number of hydrogen-bond acceptors (Lipinski definition) is 3. The second kappa shape index (κ2) is 4.09. The summed E-state index contributed by atoms with van der Waals surface area (Å²) in [5, 5.41) is 8.23. The largest absolute Gasteiger partial charge is 0.272 e. The second-order valence-electron chi connectivity index (χ2n) is 3.55. The molecule has 2 aromatic heterocycles. The quantitative estimate of drug-likeness (QED) is 0.749. The SMILES string of the molecule is O=c1[nH]nc(-c2ccc(Br)s2)c2ccccc12. The van der Waals surface area contributed by atoms with Crippen LogP contribution in [-0.4, -0.2) is 10.2 Å². The molecule has 3 nitrogen and oxygen atoms in total. The fraction of sp³-hybridized carbons (Fsp3) is 0. The number of rotatable bonds is 1. The Bertz CT molecular complexity index is 747. The first-order chi connectivity index (χ1) is 8.25. The van der Waals surface area contributed by atoms with E-state index in [0.717, 1.165) is 19.7 Å². The van der Waals surface area contributed by atoms with Crippen LogP contribution in [0, 0.1) is 0 Å². The molecule has 2 heterocycles. The molecule has 0 saturated heterocycles. The first-order valence-corrected chi connectivity index (χ1v) is 6.60. The normalized spacial score (nSPS) is 10.9. The Labute approximate surface area is 109 Å². The van der Waals surface area contributed by atoms with Crippen LogP contribution < -0.4 is 5.56 Å². The number of aromatic amines is 1. The van der Waals surface area contributed by atoms with Gasteiger partial charge in [0.2, 0.25) is 0 Å². The van der Waals surface area contributed by atoms with Gasteiger partial charge in [-0.3, -0.25) is 4.79 Å². The van der Waals surface area contributed by atoms with Gasteiger partial charge in [0.25, 0.3) is 5.56 Å². The Morgan fingerprint density at radius 1 is 1.12 bits per heavy atom. The summed E-state index contributed by atoms with van der Waals surface area (Å²) in [4.78, 5) is 12.7. The van der Waals surface area contributed by atoms with Gasteiger partial charge < -0.3 is 0 Å². The molecule has 0 aliphatic rings. The fourth-order valence-electron chi connectivity index (χ4n) is 1.74. The molecule has 0 fully saturated rings. The lowest BCUT2D eigenvalue weighted by Gasteiger charge is -2.01. The van der Waals surface area contributed by atoms with Crippen molar-refractivity contribution < 1.29 is 0 Å². The van der Waals surface area contributed by atoms with E-state index in [2.05, 4.69) is 26.1 Å². The molecular weight excluding hydrogens is 300 g/mol. The molecule has 1 N–H and O–H groups in total. The van der Waals surface area contributed by atoms with Gasteiger partial charge in [-0.1, -0.05) is 18.2 Å². The number of halogens is 1. The van der Waals surface area contributed by atoms with Crippen molar-refractivity contribution in [2.75, 3.05) is 0 Å². The average Bonchev–Trinajstić information content (AvgIpc) is 2.77. The van der Waals surface area contributed by atoms with Gasteiger partial charge in [0.05, 0.1) is 14.0 Å². The van der Waals surface area contributed by atoms with Crippen molar-refractivity contribution in [1.29, 1.82) is 0 Å². The highest BCUT2D eigenvalue weighted by atomic mass is 79.9. The first kappa shape index (κ1) is 10.7. The predicted molar refractivity (Wildman–Crippen MR) is 73.4 cm³/mol. The molecule has 0 unspecified atom stereocenters. The Morgan fingerprint density at radius 3 is 2.59 bits per heavy atom. The summed E-state index contributed by atoms with van der Waals surface area (Å²) in [5.41, 5.74) is 0.663. The van der Waals surface area contributed by atoms with Crippen molar-refractivity contribution in [3.05, 3.63) is 50.5 Å². The van der Waals surface area contributed by atoms with Crippen LogP contribution in [0.25, 0.3) is 21.3 Å². The number of fused-ring (bicyclic) bond motifs is 1. The summed E-state index contributed by atoms with van der Waals surface area (Å²) >= 11 is 5.02. The topological polar surface area (TPSA) is 45.8 Å². The molecule has 17 heavy (non-hydrogen) atoms. The molecule has 84 valence electrons. The zero-order valence-electron chi connectivity index (χ0n) is 8.61. The summed E-state index contributed by atoms with van der Waals surface area (Å²) in [6, 6.07) is 11.5. The number of nitrogens with one attached hydrogen (secondary N) is 1. The van der Waals surface area contributed by atoms with Gasteiger partial charge in [0.15, 0.2) is 0 Å². The van der Waals surface area contributed by atoms with Crippen LogP contribution >= 0.6 is 27.3 Å². The van der Waals surface area contributed by atoms with Crippen LogP contribution in [0.15, 0.2) is 45.0 Å². The lowest BCUT2D eigenvalue weighted by molar-refractivity contribution is 1.02. The summed E-state index contributed by atoms with van der Waals surface area (Å²) in [5.74, 6) is 0. The van der Waals surface area contributed by atoms with Crippen molar-refractivity contribution in [1.82, 2.24) is 10.2 Å². The summed E-state index contributed by atoms with van der Waals surface area (Å²) in [6.45, 7) is 0. The maximum Gasteiger partial charge on any atom is 0.272 e. The maximum absolute atomic E-state index is 11.6. The Balaban J connectivity index is 2.38. The Morgan fingerprint density at radius 2 is 1.88 bits per heavy atom. The van der Waals surface area contributed by atoms with Crippen LogP contribution in [0.2, 0.25) is 0 Å². The van der Waals surface area contributed by atoms with Gasteiger partial charge in [-0.05, 0) is 34.1 Å². The monoisotopic (exact) mass is 306 g/mol. The third kappa shape index (κ3) is 1.81. The number of thiophene rings is 1. The van der Waals surface area contributed by atoms with Gasteiger partial charge >= 0.3 is 0 Å². The van der Waals surface area contributed by atoms with Crippen molar-refractivity contribution in [3.63, 3.8) is 0 Å². The van der Waals surface area contributed by atoms with E-state index in [1.54, 1.807) is 11.3 Å². The van der Waals surface area contributed by atoms with Crippen molar-refractivity contribution >= 4 is 38.0 Å². The number of nitrogens with zero attached hydrogens (tertiary/aromatic N) is 1. The van der Waals surface area contributed by atoms with Crippen LogP contribution in [0.5, 0.6) is 0 Å². The van der Waals surface area contributed by atoms with Crippen LogP contribution in [0.4, 0.5) is 0 Å². The van der Waals surface area contributed by atoms with E-state index in [9.17, 15) is 4.79 Å². The molecule has 0 radical (unpaired) electrons. The molecular formula is C12H7BrN2OS. The number of hydrogen-bond donors (Lipinski definition) is 1. The number of benzene rings is 1. The minimum Gasteiger partial charge on any atom is -0.267 e. The fourth-order valence-corrected chi connectivity index (χ4v) is 3.13. The third-order valence-electron chi connectivity index (χ3n) is 2.50. The highest BCUT2D eigenvalue weighted by Gasteiger charge is 2.09. The van der Waals surface area contributed by atoms with Gasteiger partial charge in [-0.2, -0.15) is 5.10 Å². The van der Waals surface area contributed by atoms with E-state index in [-0.39, 0.29) is 5.56 Å². The minimum absolute atomic E-state index is 0.153. The van der Waals surface area contributed by atoms with E-state index in [1.165, 1.54) is 0 Å². The van der Waals surface area contributed by atoms with Gasteiger partial charge in [0.1, 0.15) is 5.69 Å². The molecule has 0 spiro atoms. The van der Waals surface area contributed by atoms with Crippen LogP contribution in [0.3, 0.4) is 0 Å². The van der Waals surface area contributed by atoms with Crippen LogP contribution in [0.1, 0.15) is 0 Å². The molecule has 0 saturated carbocycles. The van der Waals surface area contributed by atoms with E-state index < -0.39 is 0 Å². The predicted octanol–water partition coefficient (Wildman–Crippen LogP) is 3.41. The molecule has 0 aliphatic heterocycles. The highest BCUT2D eigenvalue weighted by Crippen LogP contribution is 2.32. The van der Waals surface area contributed by atoms with E-state index in [0.29, 0.717) is 5.39 Å². The molecule has 0 aliphatic carbocycles. The molecule has 0 atom stereocenters. The minimum atomic E-state index is -0.153. The van der Waals surface area contributed by atoms with Crippen molar-refractivity contribution in [3.8, 4) is 10.6 Å². The molecule has 0 bridgehead atoms. The van der Waals surface area contributed by atoms with E-state index >= 15 is 0 Å². The summed E-state index contributed by atoms with van der Waals surface area (Å²) in [6.07, 6.45) is 0. The molecule has 1 aromatic carbocycles. The van der Waals surface area contributed by atoms with Gasteiger partial charge in [-0.25, -0.2) is 5.10 Å². The lowest BCUT2D eigenvalue weighted by Crippen LogP contribution is -2.08. The first-order valence-electron chi connectivity index (χ1n) is 4.99. The van der Waals surface area contributed by atoms with Gasteiger partial charge in [0, 0.05) is 5.39 Å². The number of aromatic nitrogens is 2. The third-order valence-corrected chi connectivity index (χ3v) is 4.13. The van der Waals surface area contributed by atoms with Crippen LogP contribution in [-0.2, 0) is 0 Å². The van der Waals surface area contributed by atoms with E-state index in [1.807, 2.05) is 36.4 Å². The zero-order valence-corrected chi connectivity index (χ0v) is 11.0. The second-order valence-corrected chi connectivity index (χ2v) is 6.01. The maximum atomic E-state index is 11.6. The standard InChI is InChI=1S/C12H7BrN2OS/c13-10-6-5-9(17-10)11-7-3-1-2-4-8(7)12(16)15-14-11/h1-6H,(H,15,16). The average molecular weight is 307 g/mol. The lowest BCUT2D eigenvalue weighted by atomic mass is 10.1. The number of H-pyrrole nitrogens is 1. The molecule has 5 heteroatoms. The summed E-state index contributed by atoms with van der Waals surface area (Å²) < 4.78 is 1.05. The highest BCUT2D eigenvalue weighted by molar-refractivity contribution is 9.11.